The van der Waals surface area contributed by atoms with Crippen LogP contribution in [0.25, 0.3) is 0 Å². The first kappa shape index (κ1) is 16.0. The number of likely N-dealkylation sites (tertiary alicyclic amines) is 1. The van der Waals surface area contributed by atoms with E-state index < -0.39 is 0 Å². The molecular formula is C18H28N2O. The van der Waals surface area contributed by atoms with Gasteiger partial charge in [0.1, 0.15) is 0 Å². The van der Waals surface area contributed by atoms with Gasteiger partial charge in [0.05, 0.1) is 0 Å². The van der Waals surface area contributed by atoms with Gasteiger partial charge in [-0.3, -0.25) is 4.79 Å². The summed E-state index contributed by atoms with van der Waals surface area (Å²) in [4.78, 5) is 14.2. The largest absolute Gasteiger partial charge is 0.340 e. The van der Waals surface area contributed by atoms with E-state index in [-0.39, 0.29) is 6.04 Å². The fourth-order valence-electron chi connectivity index (χ4n) is 3.04. The Morgan fingerprint density at radius 1 is 1.24 bits per heavy atom. The van der Waals surface area contributed by atoms with Crippen molar-refractivity contribution in [1.82, 2.24) is 10.2 Å². The number of aryl methyl sites for hydroxylation is 1. The molecule has 0 aromatic heterocycles. The molecule has 1 fully saturated rings. The van der Waals surface area contributed by atoms with Gasteiger partial charge in [-0.15, -0.1) is 0 Å². The number of carbonyl (C=O) groups is 1. The number of nitrogens with one attached hydrogen (secondary N) is 1. The topological polar surface area (TPSA) is 32.3 Å². The van der Waals surface area contributed by atoms with Crippen LogP contribution < -0.4 is 5.32 Å². The second-order valence-electron chi connectivity index (χ2n) is 5.98. The fourth-order valence-corrected chi connectivity index (χ4v) is 3.04. The minimum absolute atomic E-state index is 0.237. The number of rotatable bonds is 7. The first-order valence-corrected chi connectivity index (χ1v) is 8.27. The van der Waals surface area contributed by atoms with Crippen LogP contribution in [-0.4, -0.2) is 30.4 Å². The maximum absolute atomic E-state index is 12.1. The summed E-state index contributed by atoms with van der Waals surface area (Å²) >= 11 is 0. The van der Waals surface area contributed by atoms with Gasteiger partial charge in [-0.1, -0.05) is 51.5 Å². The Bertz CT molecular complexity index is 455. The predicted octanol–water partition coefficient (Wildman–Crippen LogP) is 3.16. The molecule has 0 aliphatic carbocycles. The van der Waals surface area contributed by atoms with E-state index in [9.17, 15) is 4.79 Å². The molecule has 2 rings (SSSR count). The highest BCUT2D eigenvalue weighted by Crippen LogP contribution is 2.24. The molecule has 1 aliphatic heterocycles. The van der Waals surface area contributed by atoms with Crippen LogP contribution in [0.2, 0.25) is 0 Å². The number of amides is 1. The van der Waals surface area contributed by atoms with Crippen molar-refractivity contribution >= 4 is 5.91 Å². The molecule has 116 valence electrons. The van der Waals surface area contributed by atoms with E-state index in [4.69, 9.17) is 0 Å². The Morgan fingerprint density at radius 2 is 1.95 bits per heavy atom. The minimum Gasteiger partial charge on any atom is -0.340 e. The van der Waals surface area contributed by atoms with E-state index in [1.54, 1.807) is 0 Å². The fraction of sp³-hybridized carbons (Fsp3) is 0.611. The highest BCUT2D eigenvalue weighted by Gasteiger charge is 2.30. The van der Waals surface area contributed by atoms with Gasteiger partial charge >= 0.3 is 0 Å². The standard InChI is InChI=1S/C18H28N2O/c1-4-14-7-9-16(10-8-14)17(19-6-3)13-20-12-15(5-2)11-18(20)21/h7-10,15,17,19H,4-6,11-13H2,1-3H3. The molecule has 3 nitrogen and oxygen atoms in total. The molecule has 0 spiro atoms. The van der Waals surface area contributed by atoms with Crippen LogP contribution in [0.1, 0.15) is 50.8 Å². The molecule has 1 N–H and O–H groups in total. The Hall–Kier alpha value is -1.35. The summed E-state index contributed by atoms with van der Waals surface area (Å²) < 4.78 is 0. The molecule has 21 heavy (non-hydrogen) atoms. The molecule has 2 atom stereocenters. The minimum atomic E-state index is 0.237. The Morgan fingerprint density at radius 3 is 2.48 bits per heavy atom. The summed E-state index contributed by atoms with van der Waals surface area (Å²) in [7, 11) is 0. The number of benzene rings is 1. The molecule has 1 saturated heterocycles. The van der Waals surface area contributed by atoms with Gasteiger partial charge in [-0.2, -0.15) is 0 Å². The number of hydrogen-bond acceptors (Lipinski definition) is 2. The lowest BCUT2D eigenvalue weighted by atomic mass is 10.0. The normalized spacial score (nSPS) is 20.0. The lowest BCUT2D eigenvalue weighted by Gasteiger charge is -2.25. The summed E-state index contributed by atoms with van der Waals surface area (Å²) in [5, 5.41) is 3.52. The SMILES string of the molecule is CCNC(CN1CC(CC)CC1=O)c1ccc(CC)cc1. The Labute approximate surface area is 128 Å². The Kier molecular flexibility index (Phi) is 5.80. The van der Waals surface area contributed by atoms with Gasteiger partial charge in [0, 0.05) is 25.6 Å². The molecule has 0 saturated carbocycles. The number of hydrogen-bond donors (Lipinski definition) is 1. The third-order valence-electron chi connectivity index (χ3n) is 4.52. The van der Waals surface area contributed by atoms with E-state index in [2.05, 4.69) is 50.4 Å². The van der Waals surface area contributed by atoms with Crippen LogP contribution in [0.4, 0.5) is 0 Å². The van der Waals surface area contributed by atoms with Gasteiger partial charge < -0.3 is 10.2 Å². The maximum Gasteiger partial charge on any atom is 0.222 e. The zero-order valence-electron chi connectivity index (χ0n) is 13.6. The lowest BCUT2D eigenvalue weighted by Crippen LogP contribution is -2.36. The highest BCUT2D eigenvalue weighted by molar-refractivity contribution is 5.78. The summed E-state index contributed by atoms with van der Waals surface area (Å²) in [6, 6.07) is 9.02. The van der Waals surface area contributed by atoms with E-state index in [0.717, 1.165) is 38.9 Å². The van der Waals surface area contributed by atoms with Crippen LogP contribution in [-0.2, 0) is 11.2 Å². The molecule has 2 unspecified atom stereocenters. The molecule has 0 radical (unpaired) electrons. The van der Waals surface area contributed by atoms with Gasteiger partial charge in [0.25, 0.3) is 0 Å². The number of nitrogens with zero attached hydrogens (tertiary/aromatic N) is 1. The highest BCUT2D eigenvalue weighted by atomic mass is 16.2. The lowest BCUT2D eigenvalue weighted by molar-refractivity contribution is -0.128. The smallest absolute Gasteiger partial charge is 0.222 e. The van der Waals surface area contributed by atoms with E-state index in [1.807, 2.05) is 4.90 Å². The zero-order chi connectivity index (χ0) is 15.2. The Balaban J connectivity index is 2.06. The van der Waals surface area contributed by atoms with Crippen molar-refractivity contribution < 1.29 is 4.79 Å². The zero-order valence-corrected chi connectivity index (χ0v) is 13.6. The predicted molar refractivity (Wildman–Crippen MR) is 87.2 cm³/mol. The number of likely N-dealkylation sites (N-methyl/N-ethyl adjacent to an activating group) is 1. The van der Waals surface area contributed by atoms with Crippen LogP contribution in [0, 0.1) is 5.92 Å². The van der Waals surface area contributed by atoms with Crippen molar-refractivity contribution in [2.24, 2.45) is 5.92 Å². The van der Waals surface area contributed by atoms with E-state index >= 15 is 0 Å². The molecule has 1 aliphatic rings. The van der Waals surface area contributed by atoms with Crippen molar-refractivity contribution in [2.75, 3.05) is 19.6 Å². The average molecular weight is 288 g/mol. The first-order chi connectivity index (χ1) is 10.2. The van der Waals surface area contributed by atoms with Gasteiger partial charge in [0.15, 0.2) is 0 Å². The van der Waals surface area contributed by atoms with Gasteiger partial charge in [-0.25, -0.2) is 0 Å². The second kappa shape index (κ2) is 7.60. The molecule has 0 bridgehead atoms. The quantitative estimate of drug-likeness (QED) is 0.836. The first-order valence-electron chi connectivity index (χ1n) is 8.27. The van der Waals surface area contributed by atoms with Crippen LogP contribution in [0.15, 0.2) is 24.3 Å². The molecule has 3 heteroatoms. The third kappa shape index (κ3) is 4.07. The van der Waals surface area contributed by atoms with Crippen molar-refractivity contribution in [3.8, 4) is 0 Å². The molecule has 1 aromatic carbocycles. The van der Waals surface area contributed by atoms with E-state index in [0.29, 0.717) is 11.8 Å². The van der Waals surface area contributed by atoms with Crippen molar-refractivity contribution in [3.05, 3.63) is 35.4 Å². The monoisotopic (exact) mass is 288 g/mol. The maximum atomic E-state index is 12.1. The van der Waals surface area contributed by atoms with Gasteiger partial charge in [0.2, 0.25) is 5.91 Å². The summed E-state index contributed by atoms with van der Waals surface area (Å²) in [5.74, 6) is 0.858. The van der Waals surface area contributed by atoms with E-state index in [1.165, 1.54) is 11.1 Å². The van der Waals surface area contributed by atoms with Gasteiger partial charge in [-0.05, 0) is 30.0 Å². The van der Waals surface area contributed by atoms with Crippen molar-refractivity contribution in [3.63, 3.8) is 0 Å². The van der Waals surface area contributed by atoms with Crippen molar-refractivity contribution in [2.45, 2.75) is 46.1 Å². The molecule has 1 aromatic rings. The molecule has 1 amide bonds. The van der Waals surface area contributed by atoms with Crippen LogP contribution in [0.3, 0.4) is 0 Å². The van der Waals surface area contributed by atoms with Crippen LogP contribution in [0.5, 0.6) is 0 Å². The molecular weight excluding hydrogens is 260 g/mol. The third-order valence-corrected chi connectivity index (χ3v) is 4.52. The summed E-state index contributed by atoms with van der Waals surface area (Å²) in [6.45, 7) is 9.09. The summed E-state index contributed by atoms with van der Waals surface area (Å²) in [5.41, 5.74) is 2.64. The van der Waals surface area contributed by atoms with Crippen LogP contribution >= 0.6 is 0 Å². The van der Waals surface area contributed by atoms with Crippen molar-refractivity contribution in [1.29, 1.82) is 0 Å². The molecule has 1 heterocycles. The summed E-state index contributed by atoms with van der Waals surface area (Å²) in [6.07, 6.45) is 2.89. The second-order valence-corrected chi connectivity index (χ2v) is 5.98. The average Bonchev–Trinajstić information content (AvgIpc) is 2.87. The number of carbonyl (C=O) groups excluding carboxylic acids is 1.